The Morgan fingerprint density at radius 3 is 2.39 bits per heavy atom. The lowest BCUT2D eigenvalue weighted by Gasteiger charge is -2.38. The molecule has 5 N–H and O–H groups in total. The molecule has 0 amide bonds. The van der Waals surface area contributed by atoms with E-state index in [1.165, 1.54) is 20.1 Å². The van der Waals surface area contributed by atoms with Gasteiger partial charge in [-0.3, -0.25) is 4.79 Å². The lowest BCUT2D eigenvalue weighted by molar-refractivity contribution is -0.268. The van der Waals surface area contributed by atoms with E-state index in [0.717, 1.165) is 5.57 Å². The van der Waals surface area contributed by atoms with E-state index in [4.69, 9.17) is 23.4 Å². The molecule has 240 valence electrons. The summed E-state index contributed by atoms with van der Waals surface area (Å²) < 4.78 is 29.1. The summed E-state index contributed by atoms with van der Waals surface area (Å²) in [6, 6.07) is 7.89. The average Bonchev–Trinajstić information content (AvgIpc) is 2.97. The first kappa shape index (κ1) is 33.2. The number of phenols is 1. The molecule has 0 saturated carbocycles. The molecular weight excluding hydrogens is 574 g/mol. The Bertz CT molecular complexity index is 1530. The highest BCUT2D eigenvalue weighted by atomic mass is 16.7. The van der Waals surface area contributed by atoms with Crippen molar-refractivity contribution < 1.29 is 48.9 Å². The maximum atomic E-state index is 14.1. The van der Waals surface area contributed by atoms with Crippen LogP contribution in [-0.2, 0) is 11.2 Å². The summed E-state index contributed by atoms with van der Waals surface area (Å²) in [5, 5.41) is 52.4. The minimum atomic E-state index is -1.70. The number of hydrogen-bond donors (Lipinski definition) is 5. The second-order valence-corrected chi connectivity index (χ2v) is 11.4. The Morgan fingerprint density at radius 1 is 1.09 bits per heavy atom. The molecule has 1 aliphatic heterocycles. The van der Waals surface area contributed by atoms with E-state index in [2.05, 4.69) is 0 Å². The van der Waals surface area contributed by atoms with Crippen LogP contribution in [0.1, 0.15) is 26.3 Å². The number of nitrogens with zero attached hydrogens (tertiary/aromatic N) is 1. The molecule has 6 atom stereocenters. The summed E-state index contributed by atoms with van der Waals surface area (Å²) in [5.74, 6) is -0.116. The Morgan fingerprint density at radius 2 is 1.77 bits per heavy atom. The second kappa shape index (κ2) is 14.0. The van der Waals surface area contributed by atoms with Crippen molar-refractivity contribution in [2.24, 2.45) is 0 Å². The van der Waals surface area contributed by atoms with Crippen LogP contribution in [-0.4, -0.2) is 102 Å². The molecule has 3 aromatic rings. The van der Waals surface area contributed by atoms with Gasteiger partial charge in [-0.05, 0) is 65.6 Å². The topological polar surface area (TPSA) is 172 Å². The standard InChI is InChI=1S/C32H41NO11/c1-16(2)7-12-21-23(41-15-19(34)14-33(4)5)13-22(35)24-26(37)31(44-32-28(39)27(38)25(36)17(3)42-32)29(43-30(21)24)18-8-10-20(40-6)11-9-18/h7-11,13,17,19,25,27-28,32,34-36,38-39H,12,14-15H2,1-6H3/t17-,19-,25-,27+,28+,32-/m1/s1. The maximum Gasteiger partial charge on any atom is 0.239 e. The summed E-state index contributed by atoms with van der Waals surface area (Å²) in [4.78, 5) is 16.0. The molecule has 0 aliphatic carbocycles. The lowest BCUT2D eigenvalue weighted by Crippen LogP contribution is -2.58. The molecule has 1 fully saturated rings. The van der Waals surface area contributed by atoms with Crippen molar-refractivity contribution in [3.8, 4) is 34.3 Å². The van der Waals surface area contributed by atoms with Gasteiger partial charge in [0.2, 0.25) is 17.5 Å². The van der Waals surface area contributed by atoms with Crippen LogP contribution >= 0.6 is 0 Å². The van der Waals surface area contributed by atoms with Crippen LogP contribution in [0, 0.1) is 0 Å². The first-order valence-electron chi connectivity index (χ1n) is 14.3. The van der Waals surface area contributed by atoms with E-state index in [-0.39, 0.29) is 41.3 Å². The number of likely N-dealkylation sites (N-methyl/N-ethyl adjacent to an activating group) is 1. The zero-order valence-electron chi connectivity index (χ0n) is 25.7. The van der Waals surface area contributed by atoms with Crippen molar-refractivity contribution in [1.82, 2.24) is 4.90 Å². The van der Waals surface area contributed by atoms with Gasteiger partial charge in [0.15, 0.2) is 5.76 Å². The number of methoxy groups -OCH3 is 1. The van der Waals surface area contributed by atoms with Crippen LogP contribution in [0.25, 0.3) is 22.3 Å². The normalized spacial score (nSPS) is 22.6. The third kappa shape index (κ3) is 7.17. The molecule has 1 aromatic heterocycles. The number of hydrogen-bond acceptors (Lipinski definition) is 12. The van der Waals surface area contributed by atoms with Gasteiger partial charge in [0.05, 0.1) is 13.2 Å². The third-order valence-electron chi connectivity index (χ3n) is 7.28. The highest BCUT2D eigenvalue weighted by molar-refractivity contribution is 5.91. The van der Waals surface area contributed by atoms with E-state index in [0.29, 0.717) is 23.4 Å². The summed E-state index contributed by atoms with van der Waals surface area (Å²) in [5.41, 5.74) is 1.11. The number of ether oxygens (including phenoxy) is 4. The van der Waals surface area contributed by atoms with Crippen LogP contribution in [0.2, 0.25) is 0 Å². The fourth-order valence-corrected chi connectivity index (χ4v) is 4.91. The zero-order chi connectivity index (χ0) is 32.3. The van der Waals surface area contributed by atoms with Crippen molar-refractivity contribution in [1.29, 1.82) is 0 Å². The molecule has 0 spiro atoms. The summed E-state index contributed by atoms with van der Waals surface area (Å²) in [6.45, 7) is 5.58. The second-order valence-electron chi connectivity index (χ2n) is 11.4. The monoisotopic (exact) mass is 615 g/mol. The maximum absolute atomic E-state index is 14.1. The van der Waals surface area contributed by atoms with Gasteiger partial charge in [-0.1, -0.05) is 11.6 Å². The number of phenolic OH excluding ortho intramolecular Hbond substituents is 1. The molecule has 1 aliphatic rings. The number of fused-ring (bicyclic) bond motifs is 1. The molecule has 12 heteroatoms. The van der Waals surface area contributed by atoms with E-state index in [1.54, 1.807) is 24.3 Å². The summed E-state index contributed by atoms with van der Waals surface area (Å²) in [6.07, 6.45) is -5.80. The highest BCUT2D eigenvalue weighted by Crippen LogP contribution is 2.41. The Kier molecular flexibility index (Phi) is 10.6. The predicted molar refractivity (Wildman–Crippen MR) is 162 cm³/mol. The molecule has 2 aromatic carbocycles. The van der Waals surface area contributed by atoms with Gasteiger partial charge in [-0.15, -0.1) is 0 Å². The Labute approximate surface area is 255 Å². The predicted octanol–water partition coefficient (Wildman–Crippen LogP) is 2.19. The van der Waals surface area contributed by atoms with Gasteiger partial charge in [0.1, 0.15) is 59.2 Å². The van der Waals surface area contributed by atoms with Crippen molar-refractivity contribution in [3.05, 3.63) is 57.8 Å². The highest BCUT2D eigenvalue weighted by Gasteiger charge is 2.44. The van der Waals surface area contributed by atoms with Gasteiger partial charge >= 0.3 is 0 Å². The van der Waals surface area contributed by atoms with Crippen molar-refractivity contribution in [2.75, 3.05) is 34.4 Å². The van der Waals surface area contributed by atoms with Crippen molar-refractivity contribution >= 4 is 11.0 Å². The van der Waals surface area contributed by atoms with E-state index in [9.17, 15) is 30.3 Å². The molecule has 1 saturated heterocycles. The van der Waals surface area contributed by atoms with Crippen molar-refractivity contribution in [3.63, 3.8) is 0 Å². The fraction of sp³-hybridized carbons (Fsp3) is 0.469. The fourth-order valence-electron chi connectivity index (χ4n) is 4.91. The molecule has 0 radical (unpaired) electrons. The molecule has 12 nitrogen and oxygen atoms in total. The third-order valence-corrected chi connectivity index (χ3v) is 7.28. The molecule has 0 bridgehead atoms. The summed E-state index contributed by atoms with van der Waals surface area (Å²) in [7, 11) is 5.15. The number of benzene rings is 2. The molecule has 2 heterocycles. The largest absolute Gasteiger partial charge is 0.507 e. The molecule has 44 heavy (non-hydrogen) atoms. The lowest BCUT2D eigenvalue weighted by atomic mass is 10.00. The van der Waals surface area contributed by atoms with E-state index >= 15 is 0 Å². The van der Waals surface area contributed by atoms with Gasteiger partial charge < -0.3 is 53.8 Å². The molecular formula is C32H41NO11. The zero-order valence-corrected chi connectivity index (χ0v) is 25.7. The first-order chi connectivity index (χ1) is 20.8. The van der Waals surface area contributed by atoms with Crippen LogP contribution in [0.15, 0.2) is 51.2 Å². The minimum Gasteiger partial charge on any atom is -0.507 e. The minimum absolute atomic E-state index is 0.0386. The van der Waals surface area contributed by atoms with Crippen LogP contribution < -0.4 is 19.6 Å². The number of allylic oxidation sites excluding steroid dienone is 2. The van der Waals surface area contributed by atoms with Crippen LogP contribution in [0.4, 0.5) is 0 Å². The van der Waals surface area contributed by atoms with Gasteiger partial charge in [-0.2, -0.15) is 0 Å². The Hall–Kier alpha value is -3.65. The number of aliphatic hydroxyl groups excluding tert-OH is 4. The molecule has 4 rings (SSSR count). The van der Waals surface area contributed by atoms with E-state index < -0.39 is 48.0 Å². The van der Waals surface area contributed by atoms with Gasteiger partial charge in [0, 0.05) is 23.7 Å². The van der Waals surface area contributed by atoms with Crippen molar-refractivity contribution in [2.45, 2.75) is 64.0 Å². The quantitative estimate of drug-likeness (QED) is 0.200. The summed E-state index contributed by atoms with van der Waals surface area (Å²) >= 11 is 0. The number of rotatable bonds is 11. The van der Waals surface area contributed by atoms with Crippen LogP contribution in [0.3, 0.4) is 0 Å². The van der Waals surface area contributed by atoms with Crippen LogP contribution in [0.5, 0.6) is 23.0 Å². The number of aliphatic hydroxyl groups is 4. The van der Waals surface area contributed by atoms with Gasteiger partial charge in [0.25, 0.3) is 0 Å². The first-order valence-corrected chi connectivity index (χ1v) is 14.3. The van der Waals surface area contributed by atoms with E-state index in [1.807, 2.05) is 38.9 Å². The molecule has 0 unspecified atom stereocenters. The SMILES string of the molecule is COc1ccc(-c2oc3c(CC=C(C)C)c(OC[C@H](O)CN(C)C)cc(O)c3c(=O)c2O[C@H]2O[C@H](C)[C@@H](O)[C@H](O)[C@@H]2O)cc1. The Balaban J connectivity index is 1.94. The van der Waals surface area contributed by atoms with Gasteiger partial charge in [-0.25, -0.2) is 0 Å². The number of aromatic hydroxyl groups is 1. The smallest absolute Gasteiger partial charge is 0.239 e. The average molecular weight is 616 g/mol.